The zero-order valence-electron chi connectivity index (χ0n) is 8.05. The van der Waals surface area contributed by atoms with E-state index in [-0.39, 0.29) is 12.5 Å². The van der Waals surface area contributed by atoms with E-state index >= 15 is 0 Å². The lowest BCUT2D eigenvalue weighted by Gasteiger charge is -2.08. The maximum Gasteiger partial charge on any atom is 0.416 e. The van der Waals surface area contributed by atoms with Crippen molar-refractivity contribution in [3.8, 4) is 0 Å². The molecule has 16 heavy (non-hydrogen) atoms. The minimum absolute atomic E-state index is 0.0187. The predicted octanol–water partition coefficient (Wildman–Crippen LogP) is 2.24. The molecule has 0 fully saturated rings. The third-order valence-electron chi connectivity index (χ3n) is 1.73. The number of hydrogen-bond donors (Lipinski definition) is 2. The molecule has 0 aromatic heterocycles. The van der Waals surface area contributed by atoms with Crippen LogP contribution in [-0.4, -0.2) is 5.96 Å². The summed E-state index contributed by atoms with van der Waals surface area (Å²) in [7, 11) is 0. The second kappa shape index (κ2) is 4.73. The van der Waals surface area contributed by atoms with Gasteiger partial charge in [-0.25, -0.2) is 4.99 Å². The van der Waals surface area contributed by atoms with Gasteiger partial charge in [-0.05, 0) is 23.8 Å². The van der Waals surface area contributed by atoms with Gasteiger partial charge in [0.25, 0.3) is 0 Å². The minimum Gasteiger partial charge on any atom is -0.370 e. The number of halogens is 4. The van der Waals surface area contributed by atoms with Gasteiger partial charge in [-0.3, -0.25) is 0 Å². The van der Waals surface area contributed by atoms with Gasteiger partial charge >= 0.3 is 6.18 Å². The first-order valence-electron chi connectivity index (χ1n) is 4.21. The van der Waals surface area contributed by atoms with Crippen LogP contribution in [0.4, 0.5) is 13.2 Å². The second-order valence-electron chi connectivity index (χ2n) is 3.09. The lowest BCUT2D eigenvalue weighted by molar-refractivity contribution is -0.137. The van der Waals surface area contributed by atoms with E-state index in [1.807, 2.05) is 0 Å². The van der Waals surface area contributed by atoms with E-state index in [1.165, 1.54) is 6.07 Å². The Kier molecular flexibility index (Phi) is 3.79. The Balaban J connectivity index is 3.04. The summed E-state index contributed by atoms with van der Waals surface area (Å²) in [5.74, 6) is -0.159. The van der Waals surface area contributed by atoms with Crippen LogP contribution in [0.3, 0.4) is 0 Å². The predicted molar refractivity (Wildman–Crippen MR) is 58.7 cm³/mol. The first kappa shape index (κ1) is 12.8. The monoisotopic (exact) mass is 295 g/mol. The van der Waals surface area contributed by atoms with E-state index in [0.29, 0.717) is 10.0 Å². The summed E-state index contributed by atoms with van der Waals surface area (Å²) < 4.78 is 37.7. The Morgan fingerprint density at radius 3 is 2.38 bits per heavy atom. The van der Waals surface area contributed by atoms with Gasteiger partial charge < -0.3 is 11.5 Å². The Bertz CT molecular complexity index is 411. The van der Waals surface area contributed by atoms with Crippen molar-refractivity contribution in [3.63, 3.8) is 0 Å². The molecule has 0 unspecified atom stereocenters. The first-order chi connectivity index (χ1) is 7.29. The quantitative estimate of drug-likeness (QED) is 0.649. The lowest BCUT2D eigenvalue weighted by atomic mass is 10.1. The fourth-order valence-corrected chi connectivity index (χ4v) is 1.63. The Morgan fingerprint density at radius 1 is 1.25 bits per heavy atom. The van der Waals surface area contributed by atoms with E-state index < -0.39 is 11.7 Å². The second-order valence-corrected chi connectivity index (χ2v) is 4.00. The number of aliphatic imine (C=N–C) groups is 1. The van der Waals surface area contributed by atoms with Crippen LogP contribution >= 0.6 is 15.9 Å². The van der Waals surface area contributed by atoms with Gasteiger partial charge in [0.15, 0.2) is 5.96 Å². The number of nitrogens with two attached hydrogens (primary N) is 2. The SMILES string of the molecule is NC(N)=NCc1cc(Br)cc(C(F)(F)F)c1. The number of nitrogens with zero attached hydrogens (tertiary/aromatic N) is 1. The highest BCUT2D eigenvalue weighted by molar-refractivity contribution is 9.10. The van der Waals surface area contributed by atoms with Gasteiger partial charge in [-0.1, -0.05) is 15.9 Å². The highest BCUT2D eigenvalue weighted by Gasteiger charge is 2.30. The van der Waals surface area contributed by atoms with Crippen LogP contribution in [0.5, 0.6) is 0 Å². The van der Waals surface area contributed by atoms with Crippen LogP contribution in [0.2, 0.25) is 0 Å². The standard InChI is InChI=1S/C9H9BrF3N3/c10-7-2-5(4-16-8(14)15)1-6(3-7)9(11,12)13/h1-3H,4H2,(H4,14,15,16). The Morgan fingerprint density at radius 2 is 1.88 bits per heavy atom. The molecule has 0 saturated heterocycles. The van der Waals surface area contributed by atoms with E-state index in [2.05, 4.69) is 20.9 Å². The van der Waals surface area contributed by atoms with Crippen LogP contribution in [0.15, 0.2) is 27.7 Å². The van der Waals surface area contributed by atoms with Gasteiger partial charge in [0, 0.05) is 4.47 Å². The molecule has 0 atom stereocenters. The topological polar surface area (TPSA) is 64.4 Å². The highest BCUT2D eigenvalue weighted by Crippen LogP contribution is 2.32. The molecular formula is C9H9BrF3N3. The molecule has 88 valence electrons. The molecule has 4 N–H and O–H groups in total. The molecule has 0 aliphatic carbocycles. The average molecular weight is 296 g/mol. The summed E-state index contributed by atoms with van der Waals surface area (Å²) in [6, 6.07) is 3.54. The third kappa shape index (κ3) is 3.73. The minimum atomic E-state index is -4.38. The zero-order valence-corrected chi connectivity index (χ0v) is 9.64. The number of guanidine groups is 1. The van der Waals surface area contributed by atoms with E-state index in [0.717, 1.165) is 12.1 Å². The van der Waals surface area contributed by atoms with Crippen LogP contribution < -0.4 is 11.5 Å². The molecule has 1 rings (SSSR count). The normalized spacial score (nSPS) is 11.2. The molecule has 7 heteroatoms. The van der Waals surface area contributed by atoms with Crippen molar-refractivity contribution in [3.05, 3.63) is 33.8 Å². The first-order valence-corrected chi connectivity index (χ1v) is 5.00. The van der Waals surface area contributed by atoms with Crippen molar-refractivity contribution in [2.75, 3.05) is 0 Å². The van der Waals surface area contributed by atoms with Gasteiger partial charge in [0.2, 0.25) is 0 Å². The van der Waals surface area contributed by atoms with Crippen molar-refractivity contribution in [2.45, 2.75) is 12.7 Å². The number of hydrogen-bond acceptors (Lipinski definition) is 1. The van der Waals surface area contributed by atoms with Gasteiger partial charge in [-0.15, -0.1) is 0 Å². The fourth-order valence-electron chi connectivity index (χ4n) is 1.09. The summed E-state index contributed by atoms with van der Waals surface area (Å²) in [5.41, 5.74) is 9.84. The summed E-state index contributed by atoms with van der Waals surface area (Å²) in [4.78, 5) is 3.64. The van der Waals surface area contributed by atoms with Crippen LogP contribution in [0.1, 0.15) is 11.1 Å². The largest absolute Gasteiger partial charge is 0.416 e. The lowest BCUT2D eigenvalue weighted by Crippen LogP contribution is -2.22. The van der Waals surface area contributed by atoms with Crippen molar-refractivity contribution < 1.29 is 13.2 Å². The fraction of sp³-hybridized carbons (Fsp3) is 0.222. The zero-order chi connectivity index (χ0) is 12.3. The van der Waals surface area contributed by atoms with Gasteiger partial charge in [0.1, 0.15) is 0 Å². The molecule has 0 heterocycles. The smallest absolute Gasteiger partial charge is 0.370 e. The summed E-state index contributed by atoms with van der Waals surface area (Å²) >= 11 is 3.00. The number of rotatable bonds is 2. The molecule has 0 amide bonds. The van der Waals surface area contributed by atoms with Gasteiger partial charge in [-0.2, -0.15) is 13.2 Å². The third-order valence-corrected chi connectivity index (χ3v) is 2.19. The van der Waals surface area contributed by atoms with E-state index in [9.17, 15) is 13.2 Å². The Labute approximate surface area is 98.5 Å². The summed E-state index contributed by atoms with van der Waals surface area (Å²) in [6.07, 6.45) is -4.38. The molecule has 0 aliphatic heterocycles. The highest BCUT2D eigenvalue weighted by atomic mass is 79.9. The number of benzene rings is 1. The molecule has 0 bridgehead atoms. The maximum absolute atomic E-state index is 12.4. The van der Waals surface area contributed by atoms with Crippen LogP contribution in [0.25, 0.3) is 0 Å². The molecule has 1 aromatic rings. The number of alkyl halides is 3. The molecule has 3 nitrogen and oxygen atoms in total. The van der Waals surface area contributed by atoms with E-state index in [4.69, 9.17) is 11.5 Å². The Hall–Kier alpha value is -1.24. The maximum atomic E-state index is 12.4. The van der Waals surface area contributed by atoms with Crippen molar-refractivity contribution in [1.29, 1.82) is 0 Å². The van der Waals surface area contributed by atoms with Crippen LogP contribution in [-0.2, 0) is 12.7 Å². The average Bonchev–Trinajstić information content (AvgIpc) is 2.12. The summed E-state index contributed by atoms with van der Waals surface area (Å²) in [6.45, 7) is 0.0187. The molecule has 1 aromatic carbocycles. The van der Waals surface area contributed by atoms with Crippen LogP contribution in [0, 0.1) is 0 Å². The van der Waals surface area contributed by atoms with Crippen molar-refractivity contribution in [1.82, 2.24) is 0 Å². The molecule has 0 aliphatic rings. The molecule has 0 saturated carbocycles. The molecule has 0 spiro atoms. The van der Waals surface area contributed by atoms with Gasteiger partial charge in [0.05, 0.1) is 12.1 Å². The van der Waals surface area contributed by atoms with Crippen molar-refractivity contribution in [2.24, 2.45) is 16.5 Å². The molecular weight excluding hydrogens is 287 g/mol. The summed E-state index contributed by atoms with van der Waals surface area (Å²) in [5, 5.41) is 0. The van der Waals surface area contributed by atoms with Crippen molar-refractivity contribution >= 4 is 21.9 Å². The molecule has 0 radical (unpaired) electrons. The van der Waals surface area contributed by atoms with E-state index in [1.54, 1.807) is 0 Å².